The van der Waals surface area contributed by atoms with Crippen LogP contribution in [0, 0.1) is 0 Å². The number of hydrogen-bond donors (Lipinski definition) is 2. The molecule has 1 saturated carbocycles. The van der Waals surface area contributed by atoms with Gasteiger partial charge in [-0.15, -0.1) is 0 Å². The first-order valence-electron chi connectivity index (χ1n) is 6.73. The second-order valence-electron chi connectivity index (χ2n) is 5.15. The zero-order valence-corrected chi connectivity index (χ0v) is 11.6. The molecule has 0 spiro atoms. The molecule has 1 aliphatic carbocycles. The SMILES string of the molecule is COCCOCCCOCC(C)(CO)NC1CC1. The second-order valence-corrected chi connectivity index (χ2v) is 5.15. The van der Waals surface area contributed by atoms with Gasteiger partial charge >= 0.3 is 0 Å². The minimum Gasteiger partial charge on any atom is -0.394 e. The maximum absolute atomic E-state index is 9.38. The number of ether oxygens (including phenoxy) is 3. The molecule has 0 aromatic heterocycles. The monoisotopic (exact) mass is 261 g/mol. The lowest BCUT2D eigenvalue weighted by molar-refractivity contribution is 0.0231. The molecule has 0 heterocycles. The van der Waals surface area contributed by atoms with Crippen molar-refractivity contribution in [1.29, 1.82) is 0 Å². The fraction of sp³-hybridized carbons (Fsp3) is 1.00. The van der Waals surface area contributed by atoms with Crippen LogP contribution in [-0.4, -0.2) is 63.4 Å². The standard InChI is InChI=1S/C13H27NO4/c1-13(10-15,14-12-4-5-12)11-18-7-3-6-17-9-8-16-2/h12,14-15H,3-11H2,1-2H3. The molecule has 0 bridgehead atoms. The number of hydrogen-bond acceptors (Lipinski definition) is 5. The van der Waals surface area contributed by atoms with Gasteiger partial charge in [0.25, 0.3) is 0 Å². The molecule has 18 heavy (non-hydrogen) atoms. The third-order valence-electron chi connectivity index (χ3n) is 2.91. The maximum Gasteiger partial charge on any atom is 0.0700 e. The topological polar surface area (TPSA) is 60.0 Å². The van der Waals surface area contributed by atoms with Crippen LogP contribution in [0.15, 0.2) is 0 Å². The van der Waals surface area contributed by atoms with Crippen molar-refractivity contribution in [3.05, 3.63) is 0 Å². The van der Waals surface area contributed by atoms with Gasteiger partial charge in [0, 0.05) is 26.4 Å². The summed E-state index contributed by atoms with van der Waals surface area (Å²) >= 11 is 0. The van der Waals surface area contributed by atoms with Gasteiger partial charge in [-0.05, 0) is 26.2 Å². The normalized spacial score (nSPS) is 18.8. The first-order chi connectivity index (χ1) is 8.70. The molecule has 0 amide bonds. The molecule has 0 saturated heterocycles. The highest BCUT2D eigenvalue weighted by atomic mass is 16.5. The highest BCUT2D eigenvalue weighted by molar-refractivity contribution is 4.92. The Morgan fingerprint density at radius 3 is 2.50 bits per heavy atom. The Morgan fingerprint density at radius 2 is 1.89 bits per heavy atom. The van der Waals surface area contributed by atoms with Crippen molar-refractivity contribution in [1.82, 2.24) is 5.32 Å². The van der Waals surface area contributed by atoms with E-state index in [1.165, 1.54) is 12.8 Å². The predicted octanol–water partition coefficient (Wildman–Crippen LogP) is 0.559. The molecule has 0 radical (unpaired) electrons. The van der Waals surface area contributed by atoms with E-state index >= 15 is 0 Å². The van der Waals surface area contributed by atoms with Crippen LogP contribution in [0.1, 0.15) is 26.2 Å². The van der Waals surface area contributed by atoms with Crippen LogP contribution < -0.4 is 5.32 Å². The van der Waals surface area contributed by atoms with E-state index in [9.17, 15) is 5.11 Å². The molecule has 0 aliphatic heterocycles. The van der Waals surface area contributed by atoms with E-state index in [0.717, 1.165) is 6.42 Å². The van der Waals surface area contributed by atoms with Gasteiger partial charge in [0.1, 0.15) is 0 Å². The fourth-order valence-electron chi connectivity index (χ4n) is 1.66. The van der Waals surface area contributed by atoms with Crippen molar-refractivity contribution in [2.75, 3.05) is 46.8 Å². The Bertz CT molecular complexity index is 211. The van der Waals surface area contributed by atoms with Gasteiger partial charge in [0.15, 0.2) is 0 Å². The van der Waals surface area contributed by atoms with Crippen LogP contribution in [0.5, 0.6) is 0 Å². The average molecular weight is 261 g/mol. The summed E-state index contributed by atoms with van der Waals surface area (Å²) in [5.74, 6) is 0. The smallest absolute Gasteiger partial charge is 0.0700 e. The third kappa shape index (κ3) is 7.28. The van der Waals surface area contributed by atoms with E-state index in [-0.39, 0.29) is 12.1 Å². The molecular weight excluding hydrogens is 234 g/mol. The number of aliphatic hydroxyl groups excluding tert-OH is 1. The Hall–Kier alpha value is -0.200. The van der Waals surface area contributed by atoms with Crippen molar-refractivity contribution < 1.29 is 19.3 Å². The van der Waals surface area contributed by atoms with E-state index in [1.54, 1.807) is 7.11 Å². The Kier molecular flexibility index (Phi) is 7.77. The van der Waals surface area contributed by atoms with Gasteiger partial charge in [-0.2, -0.15) is 0 Å². The van der Waals surface area contributed by atoms with Crippen LogP contribution in [0.2, 0.25) is 0 Å². The largest absolute Gasteiger partial charge is 0.394 e. The van der Waals surface area contributed by atoms with Gasteiger partial charge in [0.2, 0.25) is 0 Å². The van der Waals surface area contributed by atoms with E-state index < -0.39 is 0 Å². The molecule has 0 aromatic carbocycles. The molecule has 5 heteroatoms. The highest BCUT2D eigenvalue weighted by Crippen LogP contribution is 2.22. The summed E-state index contributed by atoms with van der Waals surface area (Å²) in [7, 11) is 1.66. The summed E-state index contributed by atoms with van der Waals surface area (Å²) in [6.07, 6.45) is 3.29. The van der Waals surface area contributed by atoms with Crippen molar-refractivity contribution in [3.63, 3.8) is 0 Å². The average Bonchev–Trinajstić information content (AvgIpc) is 3.16. The number of nitrogens with one attached hydrogen (secondary N) is 1. The van der Waals surface area contributed by atoms with Crippen molar-refractivity contribution in [2.45, 2.75) is 37.8 Å². The Labute approximate surface area is 110 Å². The van der Waals surface area contributed by atoms with Crippen molar-refractivity contribution in [2.24, 2.45) is 0 Å². The Morgan fingerprint density at radius 1 is 1.17 bits per heavy atom. The van der Waals surface area contributed by atoms with Crippen LogP contribution in [0.4, 0.5) is 0 Å². The molecule has 1 aliphatic rings. The minimum atomic E-state index is -0.307. The molecule has 1 fully saturated rings. The van der Waals surface area contributed by atoms with E-state index in [2.05, 4.69) is 5.32 Å². The number of rotatable bonds is 12. The molecule has 0 aromatic rings. The summed E-state index contributed by atoms with van der Waals surface area (Å²) in [6.45, 7) is 5.26. The number of methoxy groups -OCH3 is 1. The molecule has 5 nitrogen and oxygen atoms in total. The fourth-order valence-corrected chi connectivity index (χ4v) is 1.66. The summed E-state index contributed by atoms with van der Waals surface area (Å²) in [5.41, 5.74) is -0.307. The van der Waals surface area contributed by atoms with E-state index in [0.29, 0.717) is 39.1 Å². The third-order valence-corrected chi connectivity index (χ3v) is 2.91. The lowest BCUT2D eigenvalue weighted by Gasteiger charge is -2.28. The Balaban J connectivity index is 1.94. The van der Waals surface area contributed by atoms with E-state index in [4.69, 9.17) is 14.2 Å². The molecular formula is C13H27NO4. The zero-order chi connectivity index (χ0) is 13.3. The maximum atomic E-state index is 9.38. The van der Waals surface area contributed by atoms with Gasteiger partial charge in [0.05, 0.1) is 32.0 Å². The van der Waals surface area contributed by atoms with E-state index in [1.807, 2.05) is 6.92 Å². The van der Waals surface area contributed by atoms with Gasteiger partial charge < -0.3 is 24.6 Å². The van der Waals surface area contributed by atoms with Crippen LogP contribution in [0.25, 0.3) is 0 Å². The highest BCUT2D eigenvalue weighted by Gasteiger charge is 2.32. The molecule has 1 unspecified atom stereocenters. The lowest BCUT2D eigenvalue weighted by atomic mass is 10.1. The summed E-state index contributed by atoms with van der Waals surface area (Å²) in [5, 5.41) is 12.8. The molecule has 108 valence electrons. The zero-order valence-electron chi connectivity index (χ0n) is 11.6. The molecule has 1 atom stereocenters. The van der Waals surface area contributed by atoms with Gasteiger partial charge in [-0.1, -0.05) is 0 Å². The minimum absolute atomic E-state index is 0.105. The summed E-state index contributed by atoms with van der Waals surface area (Å²) in [4.78, 5) is 0. The number of aliphatic hydroxyl groups is 1. The second kappa shape index (κ2) is 8.82. The lowest BCUT2D eigenvalue weighted by Crippen LogP contribution is -2.50. The molecule has 2 N–H and O–H groups in total. The quantitative estimate of drug-likeness (QED) is 0.503. The van der Waals surface area contributed by atoms with Crippen LogP contribution >= 0.6 is 0 Å². The van der Waals surface area contributed by atoms with Crippen molar-refractivity contribution in [3.8, 4) is 0 Å². The first-order valence-corrected chi connectivity index (χ1v) is 6.73. The summed E-state index contributed by atoms with van der Waals surface area (Å²) in [6, 6.07) is 0.572. The molecule has 1 rings (SSSR count). The summed E-state index contributed by atoms with van der Waals surface area (Å²) < 4.78 is 15.8. The van der Waals surface area contributed by atoms with Crippen molar-refractivity contribution >= 4 is 0 Å². The van der Waals surface area contributed by atoms with Crippen LogP contribution in [0.3, 0.4) is 0 Å². The van der Waals surface area contributed by atoms with Gasteiger partial charge in [-0.25, -0.2) is 0 Å². The van der Waals surface area contributed by atoms with Gasteiger partial charge in [-0.3, -0.25) is 0 Å². The predicted molar refractivity (Wildman–Crippen MR) is 69.8 cm³/mol. The van der Waals surface area contributed by atoms with Crippen LogP contribution in [-0.2, 0) is 14.2 Å². The first kappa shape index (κ1) is 15.9.